The van der Waals surface area contributed by atoms with E-state index in [1.54, 1.807) is 12.1 Å². The van der Waals surface area contributed by atoms with Crippen LogP contribution in [0.5, 0.6) is 23.0 Å². The van der Waals surface area contributed by atoms with Crippen molar-refractivity contribution in [3.8, 4) is 67.5 Å². The number of nitrogens with zero attached hydrogens (tertiary/aromatic N) is 1. The lowest BCUT2D eigenvalue weighted by Gasteiger charge is -2.33. The average molecular weight is 878 g/mol. The van der Waals surface area contributed by atoms with Crippen LogP contribution in [0.15, 0.2) is 206 Å². The van der Waals surface area contributed by atoms with Gasteiger partial charge >= 0.3 is 0 Å². The van der Waals surface area contributed by atoms with Gasteiger partial charge in [-0.25, -0.2) is 4.39 Å². The Balaban J connectivity index is 0.000000137. The van der Waals surface area contributed by atoms with Crippen molar-refractivity contribution >= 4 is 40.0 Å². The molecule has 2 heterocycles. The van der Waals surface area contributed by atoms with Gasteiger partial charge in [-0.3, -0.25) is 9.59 Å². The van der Waals surface area contributed by atoms with Crippen LogP contribution in [0.3, 0.4) is 0 Å². The second-order valence-corrected chi connectivity index (χ2v) is 16.0. The molecule has 6 aromatic rings. The topological polar surface area (TPSA) is 67.9 Å². The van der Waals surface area contributed by atoms with Gasteiger partial charge in [0.25, 0.3) is 0 Å². The van der Waals surface area contributed by atoms with Gasteiger partial charge in [0.05, 0.1) is 39.6 Å². The third kappa shape index (κ3) is 6.87. The summed E-state index contributed by atoms with van der Waals surface area (Å²) >= 11 is 0. The lowest BCUT2D eigenvalue weighted by Crippen LogP contribution is -2.18. The predicted octanol–water partition coefficient (Wildman–Crippen LogP) is 16.8. The summed E-state index contributed by atoms with van der Waals surface area (Å²) in [4.78, 5) is 28.5. The van der Waals surface area contributed by atoms with Crippen molar-refractivity contribution in [1.29, 1.82) is 0 Å². The maximum atomic E-state index is 13.9. The zero-order valence-corrected chi connectivity index (χ0v) is 34.6. The molecular formula is C60H45FN2O4. The largest absolute Gasteiger partial charge is 0.453 e. The molecule has 0 amide bonds. The monoisotopic (exact) mass is 877 g/mol. The molecule has 0 radical (unpaired) electrons. The third-order valence-electron chi connectivity index (χ3n) is 12.3. The molecule has 7 heteroatoms. The first-order valence-electron chi connectivity index (χ1n) is 21.4. The van der Waals surface area contributed by atoms with Crippen molar-refractivity contribution in [3.05, 3.63) is 234 Å². The van der Waals surface area contributed by atoms with Crippen LogP contribution >= 0.6 is 0 Å². The van der Waals surface area contributed by atoms with Crippen molar-refractivity contribution in [2.45, 2.75) is 14.9 Å². The minimum Gasteiger partial charge on any atom is -0.453 e. The summed E-state index contributed by atoms with van der Waals surface area (Å²) in [6.45, 7) is 0. The number of carbonyl (C=O) groups is 2. The molecule has 0 unspecified atom stereocenters. The number of nitrogens with one attached hydrogen (secondary N) is 1. The van der Waals surface area contributed by atoms with Gasteiger partial charge in [0, 0.05) is 12.6 Å². The van der Waals surface area contributed by atoms with Crippen LogP contribution in [-0.4, -0.2) is 11.6 Å². The highest BCUT2D eigenvalue weighted by Crippen LogP contribution is 2.55. The smallest absolute Gasteiger partial charge is 0.197 e. The number of carbonyl (C=O) groups excluding carboxylic acids is 2. The Kier molecular flexibility index (Phi) is 10.7. The highest BCUT2D eigenvalue weighted by atomic mass is 19.1. The molecule has 6 aromatic carbocycles. The molecule has 0 saturated carbocycles. The number of ether oxygens (including phenoxy) is 2. The molecular weight excluding hydrogens is 832 g/mol. The first kappa shape index (κ1) is 42.2. The molecule has 0 spiro atoms. The Hall–Kier alpha value is -8.81. The second kappa shape index (κ2) is 17.0. The molecule has 0 aromatic heterocycles. The van der Waals surface area contributed by atoms with Gasteiger partial charge in [-0.15, -0.1) is 0 Å². The molecule has 14 rings (SSSR count). The van der Waals surface area contributed by atoms with E-state index in [-0.39, 0.29) is 33.4 Å². The summed E-state index contributed by atoms with van der Waals surface area (Å²) < 4.78 is 25.7. The molecule has 0 bridgehead atoms. The minimum atomic E-state index is -0.438. The van der Waals surface area contributed by atoms with E-state index >= 15 is 0 Å². The lowest BCUT2D eigenvalue weighted by atomic mass is 10.00. The number of anilines is 5. The Bertz CT molecular complexity index is 3380. The van der Waals surface area contributed by atoms with Crippen LogP contribution < -0.4 is 19.7 Å². The van der Waals surface area contributed by atoms with Crippen LogP contribution in [0.4, 0.5) is 32.8 Å². The molecule has 6 aliphatic carbocycles. The predicted molar refractivity (Wildman–Crippen MR) is 270 cm³/mol. The van der Waals surface area contributed by atoms with Crippen molar-refractivity contribution in [2.75, 3.05) is 10.2 Å². The van der Waals surface area contributed by atoms with E-state index in [1.165, 1.54) is 6.07 Å². The number of hydrogen-bond acceptors (Lipinski definition) is 6. The molecule has 2 aliphatic heterocycles. The number of ketones is 2. The summed E-state index contributed by atoms with van der Waals surface area (Å²) in [7, 11) is 0. The highest BCUT2D eigenvalue weighted by molar-refractivity contribution is 6.29. The number of benzene rings is 6. The van der Waals surface area contributed by atoms with Gasteiger partial charge in [-0.2, -0.15) is 0 Å². The van der Waals surface area contributed by atoms with Gasteiger partial charge in [0.1, 0.15) is 5.82 Å². The summed E-state index contributed by atoms with van der Waals surface area (Å²) in [6.07, 6.45) is 0. The fourth-order valence-electron chi connectivity index (χ4n) is 9.45. The molecule has 0 atom stereocenters. The van der Waals surface area contributed by atoms with Crippen LogP contribution in [-0.2, 0) is 0 Å². The van der Waals surface area contributed by atoms with Gasteiger partial charge < -0.3 is 19.7 Å². The summed E-state index contributed by atoms with van der Waals surface area (Å²) in [6, 6.07) is 66.5. The van der Waals surface area contributed by atoms with Crippen molar-refractivity contribution in [3.63, 3.8) is 0 Å². The van der Waals surface area contributed by atoms with Gasteiger partial charge in [0.15, 0.2) is 34.6 Å². The quantitative estimate of drug-likeness (QED) is 0.177. The first-order chi connectivity index (χ1) is 32.0. The second-order valence-electron chi connectivity index (χ2n) is 16.0. The molecule has 1 N–H and O–H groups in total. The first-order valence-corrected chi connectivity index (χ1v) is 21.4. The average Bonchev–Trinajstić information content (AvgIpc) is 3.93. The van der Waals surface area contributed by atoms with E-state index in [1.807, 2.05) is 170 Å². The Morgan fingerprint density at radius 2 is 0.776 bits per heavy atom. The molecule has 6 nitrogen and oxygen atoms in total. The van der Waals surface area contributed by atoms with Crippen molar-refractivity contribution < 1.29 is 24.9 Å². The van der Waals surface area contributed by atoms with Gasteiger partial charge in [0.2, 0.25) is 0 Å². The lowest BCUT2D eigenvalue weighted by molar-refractivity contribution is 0.103. The molecule has 67 heavy (non-hydrogen) atoms. The van der Waals surface area contributed by atoms with E-state index in [4.69, 9.17) is 9.47 Å². The molecule has 8 aliphatic rings. The van der Waals surface area contributed by atoms with Crippen LogP contribution in [0.1, 0.15) is 48.1 Å². The Morgan fingerprint density at radius 1 is 0.373 bits per heavy atom. The molecule has 326 valence electrons. The van der Waals surface area contributed by atoms with Crippen molar-refractivity contribution in [1.82, 2.24) is 0 Å². The zero-order valence-electron chi connectivity index (χ0n) is 34.6. The fourth-order valence-corrected chi connectivity index (χ4v) is 9.45. The standard InChI is InChI=1S/C29H17NO2.C17H9FO.C12H9NO.2CH4.H2/c31-29-27-19-10-3-1-2-9-18(19)17-21(27)20-11-8-14-24(28(20)29)30-22-12-4-6-15-25(22)32-26-16-7-5-13-23(26)30;18-14-8-4-7-12-13-9-10-5-2-1-3-6-11(10)15(13)17(19)16(12)14;1-3-7-11-9(5-1)13-10-6-2-4-8-12(10)14-11;;;/h1-17H;1-9H;1-8,13H;2*1H4;1H/i;;;;;1+1. The van der Waals surface area contributed by atoms with E-state index in [0.717, 1.165) is 102 Å². The Labute approximate surface area is 390 Å². The molecule has 0 fully saturated rings. The van der Waals surface area contributed by atoms with E-state index in [9.17, 15) is 14.0 Å². The number of rotatable bonds is 1. The van der Waals surface area contributed by atoms with Crippen LogP contribution in [0.2, 0.25) is 0 Å². The van der Waals surface area contributed by atoms with Crippen LogP contribution in [0, 0.1) is 5.82 Å². The van der Waals surface area contributed by atoms with Crippen LogP contribution in [0.25, 0.3) is 44.5 Å². The van der Waals surface area contributed by atoms with E-state index in [2.05, 4.69) is 28.4 Å². The van der Waals surface area contributed by atoms with Gasteiger partial charge in [-0.1, -0.05) is 148 Å². The van der Waals surface area contributed by atoms with Gasteiger partial charge in [-0.05, 0) is 117 Å². The maximum absolute atomic E-state index is 13.9. The van der Waals surface area contributed by atoms with E-state index in [0.29, 0.717) is 11.1 Å². The zero-order chi connectivity index (χ0) is 43.6. The molecule has 0 saturated heterocycles. The number of para-hydroxylation sites is 8. The number of fused-ring (bicyclic) bond motifs is 14. The van der Waals surface area contributed by atoms with E-state index < -0.39 is 5.82 Å². The number of halogens is 1. The number of hydrogen-bond donors (Lipinski definition) is 1. The summed E-state index contributed by atoms with van der Waals surface area (Å²) in [5.74, 6) is 2.75. The third-order valence-corrected chi connectivity index (χ3v) is 12.3. The highest BCUT2D eigenvalue weighted by Gasteiger charge is 2.37. The normalized spacial score (nSPS) is 12.4. The Morgan fingerprint density at radius 3 is 1.34 bits per heavy atom. The summed E-state index contributed by atoms with van der Waals surface area (Å²) in [5.41, 5.74) is 14.7. The van der Waals surface area contributed by atoms with Crippen molar-refractivity contribution in [2.24, 2.45) is 0 Å². The SMILES string of the molecule is C.C.O=C1c2c(F)cccc2-c2cc3cccccc-3c21.O=C1c2c3cccccc-3cc2-c2cccc(N3c4ccccc4Oc4ccccc43)c21.[2HH].c1ccc2c(c1)Nc1ccccc1O2. The fraction of sp³-hybridized carbons (Fsp3) is 0.0333. The minimum absolute atomic E-state index is 0. The maximum Gasteiger partial charge on any atom is 0.197 e. The summed E-state index contributed by atoms with van der Waals surface area (Å²) in [5, 5.41) is 3.32.